The van der Waals surface area contributed by atoms with Crippen molar-refractivity contribution in [1.29, 1.82) is 0 Å². The van der Waals surface area contributed by atoms with Crippen molar-refractivity contribution in [2.75, 3.05) is 36.8 Å². The van der Waals surface area contributed by atoms with Crippen molar-refractivity contribution in [3.8, 4) is 11.1 Å². The third-order valence-electron chi connectivity index (χ3n) is 8.28. The number of carbonyl (C=O) groups excluding carboxylic acids is 3. The molecule has 5 N–H and O–H groups in total. The summed E-state index contributed by atoms with van der Waals surface area (Å²) in [6.07, 6.45) is -0.848. The lowest BCUT2D eigenvalue weighted by atomic mass is 9.92. The third kappa shape index (κ3) is 7.01. The minimum absolute atomic E-state index is 0.0471. The summed E-state index contributed by atoms with van der Waals surface area (Å²) in [5, 5.41) is 19.0. The van der Waals surface area contributed by atoms with Crippen molar-refractivity contribution in [2.45, 2.75) is 33.8 Å². The molecule has 0 fully saturated rings. The Balaban J connectivity index is 1.57. The second-order valence-electron chi connectivity index (χ2n) is 11.4. The van der Waals surface area contributed by atoms with E-state index < -0.39 is 29.6 Å². The Morgan fingerprint density at radius 3 is 2.36 bits per heavy atom. The number of aliphatic hydroxyl groups is 1. The number of rotatable bonds is 11. The van der Waals surface area contributed by atoms with E-state index in [0.29, 0.717) is 40.3 Å². The number of nitrogens with zero attached hydrogens (tertiary/aromatic N) is 1. The number of likely N-dealkylation sites (N-methyl/N-ethyl adjacent to an activating group) is 1. The van der Waals surface area contributed by atoms with Crippen molar-refractivity contribution < 1.29 is 28.3 Å². The quantitative estimate of drug-likeness (QED) is 0.132. The first kappa shape index (κ1) is 33.2. The van der Waals surface area contributed by atoms with Crippen molar-refractivity contribution in [3.05, 3.63) is 106 Å². The van der Waals surface area contributed by atoms with Gasteiger partial charge < -0.3 is 30.9 Å². The van der Waals surface area contributed by atoms with Crippen LogP contribution in [-0.4, -0.2) is 65.0 Å². The topological polar surface area (TPSA) is 127 Å². The summed E-state index contributed by atoms with van der Waals surface area (Å²) in [6, 6.07) is 16.9. The van der Waals surface area contributed by atoms with E-state index >= 15 is 4.39 Å². The van der Waals surface area contributed by atoms with Crippen LogP contribution in [0, 0.1) is 18.6 Å². The van der Waals surface area contributed by atoms with Crippen LogP contribution in [0.4, 0.5) is 20.2 Å². The van der Waals surface area contributed by atoms with Crippen LogP contribution in [0.2, 0.25) is 0 Å². The maximum Gasteiger partial charge on any atom is 0.256 e. The molecule has 0 bridgehead atoms. The van der Waals surface area contributed by atoms with Crippen molar-refractivity contribution in [1.82, 2.24) is 15.2 Å². The smallest absolute Gasteiger partial charge is 0.256 e. The van der Waals surface area contributed by atoms with Crippen LogP contribution in [-0.2, 0) is 4.79 Å². The van der Waals surface area contributed by atoms with Gasteiger partial charge in [-0.3, -0.25) is 14.4 Å². The molecule has 3 aromatic carbocycles. The molecule has 11 heteroatoms. The summed E-state index contributed by atoms with van der Waals surface area (Å²) in [5.41, 5.74) is 3.30. The molecule has 0 saturated heterocycles. The zero-order valence-corrected chi connectivity index (χ0v) is 26.6. The largest absolute Gasteiger partial charge is 0.390 e. The Labute approximate surface area is 271 Å². The van der Waals surface area contributed by atoms with Crippen LogP contribution in [0.5, 0.6) is 0 Å². The number of fused-ring (bicyclic) bond motifs is 1. The molecule has 4 aromatic rings. The highest BCUT2D eigenvalue weighted by Gasteiger charge is 2.32. The van der Waals surface area contributed by atoms with Gasteiger partial charge >= 0.3 is 0 Å². The van der Waals surface area contributed by atoms with Gasteiger partial charge in [-0.15, -0.1) is 0 Å². The maximum absolute atomic E-state index is 15.4. The van der Waals surface area contributed by atoms with Gasteiger partial charge in [-0.05, 0) is 75.0 Å². The zero-order valence-electron chi connectivity index (χ0n) is 26.6. The van der Waals surface area contributed by atoms with E-state index in [1.54, 1.807) is 56.3 Å². The molecule has 1 aromatic heterocycles. The average Bonchev–Trinajstić information content (AvgIpc) is 3.57. The average molecular weight is 642 g/mol. The number of aromatic amines is 1. The number of para-hydroxylation sites is 1. The Morgan fingerprint density at radius 1 is 0.957 bits per heavy atom. The van der Waals surface area contributed by atoms with Crippen LogP contribution in [0.15, 0.2) is 66.7 Å². The number of allylic oxidation sites excluding steroid dienone is 1. The zero-order chi connectivity index (χ0) is 33.8. The van der Waals surface area contributed by atoms with Gasteiger partial charge in [-0.1, -0.05) is 32.0 Å². The molecule has 9 nitrogen and oxygen atoms in total. The first-order valence-corrected chi connectivity index (χ1v) is 15.4. The van der Waals surface area contributed by atoms with Gasteiger partial charge in [0.2, 0.25) is 0 Å². The van der Waals surface area contributed by atoms with Crippen LogP contribution < -0.4 is 16.0 Å². The number of benzene rings is 3. The molecular weight excluding hydrogens is 604 g/mol. The Morgan fingerprint density at radius 2 is 1.68 bits per heavy atom. The lowest BCUT2D eigenvalue weighted by Gasteiger charge is -2.22. The van der Waals surface area contributed by atoms with E-state index in [4.69, 9.17) is 0 Å². The van der Waals surface area contributed by atoms with Crippen molar-refractivity contribution >= 4 is 40.2 Å². The van der Waals surface area contributed by atoms with Crippen LogP contribution >= 0.6 is 0 Å². The molecule has 3 amide bonds. The molecule has 244 valence electrons. The Bertz CT molecular complexity index is 1860. The lowest BCUT2D eigenvalue weighted by molar-refractivity contribution is -0.110. The second kappa shape index (κ2) is 14.1. The number of hydrogen-bond acceptors (Lipinski definition) is 5. The molecule has 1 aliphatic rings. The summed E-state index contributed by atoms with van der Waals surface area (Å²) in [4.78, 5) is 45.3. The molecule has 5 rings (SSSR count). The minimum atomic E-state index is -0.894. The van der Waals surface area contributed by atoms with Crippen LogP contribution in [0.25, 0.3) is 22.3 Å². The standard InChI is InChI=1S/C36H37F2N5O4/c1-5-43(6-2)19-25(44)18-39-35(46)31-21(4)40-33(32(31)26-14-13-23(37)17-28(26)38)20(3)30-27-16-22(12-15-29(27)42-36(30)47)34(45)41-24-10-8-7-9-11-24/h7-17,25,40,44H,5-6,18-19H2,1-4H3,(H,39,46)(H,41,45)(H,42,47)/b30-20-. The van der Waals surface area contributed by atoms with Crippen molar-refractivity contribution in [3.63, 3.8) is 0 Å². The molecule has 0 saturated carbocycles. The van der Waals surface area contributed by atoms with E-state index in [0.717, 1.165) is 25.2 Å². The minimum Gasteiger partial charge on any atom is -0.390 e. The number of aliphatic hydroxyl groups excluding tert-OH is 1. The molecule has 1 aliphatic heterocycles. The summed E-state index contributed by atoms with van der Waals surface area (Å²) < 4.78 is 29.4. The van der Waals surface area contributed by atoms with Gasteiger partial charge in [-0.2, -0.15) is 0 Å². The summed E-state index contributed by atoms with van der Waals surface area (Å²) >= 11 is 0. The number of H-pyrrole nitrogens is 1. The number of aryl methyl sites for hydroxylation is 1. The van der Waals surface area contributed by atoms with Gasteiger partial charge in [0.1, 0.15) is 11.6 Å². The van der Waals surface area contributed by atoms with Crippen LogP contribution in [0.1, 0.15) is 58.4 Å². The van der Waals surface area contributed by atoms with Gasteiger partial charge in [0, 0.05) is 58.5 Å². The summed E-state index contributed by atoms with van der Waals surface area (Å²) in [5.74, 6) is -3.07. The monoisotopic (exact) mass is 641 g/mol. The number of nitrogens with one attached hydrogen (secondary N) is 4. The lowest BCUT2D eigenvalue weighted by Crippen LogP contribution is -2.40. The summed E-state index contributed by atoms with van der Waals surface area (Å²) in [6.45, 7) is 9.03. The Hall–Kier alpha value is -5.13. The fraction of sp³-hybridized carbons (Fsp3) is 0.250. The molecular formula is C36H37F2N5O4. The molecule has 1 atom stereocenters. The van der Waals surface area contributed by atoms with E-state index in [9.17, 15) is 23.9 Å². The van der Waals surface area contributed by atoms with E-state index in [2.05, 4.69) is 20.9 Å². The van der Waals surface area contributed by atoms with Gasteiger partial charge in [0.25, 0.3) is 17.7 Å². The van der Waals surface area contributed by atoms with Gasteiger partial charge in [0.05, 0.1) is 22.9 Å². The number of anilines is 2. The predicted octanol–water partition coefficient (Wildman–Crippen LogP) is 5.84. The highest BCUT2D eigenvalue weighted by atomic mass is 19.1. The SMILES string of the molecule is CCN(CC)CC(O)CNC(=O)c1c(C)[nH]c(/C(C)=C2\C(=O)Nc3ccc(C(=O)Nc4ccccc4)cc32)c1-c1ccc(F)cc1F. The number of hydrogen-bond donors (Lipinski definition) is 5. The number of carbonyl (C=O) groups is 3. The highest BCUT2D eigenvalue weighted by molar-refractivity contribution is 6.37. The molecule has 47 heavy (non-hydrogen) atoms. The second-order valence-corrected chi connectivity index (χ2v) is 11.4. The van der Waals surface area contributed by atoms with Crippen molar-refractivity contribution in [2.24, 2.45) is 0 Å². The van der Waals surface area contributed by atoms with E-state index in [-0.39, 0.29) is 40.4 Å². The summed E-state index contributed by atoms with van der Waals surface area (Å²) in [7, 11) is 0. The fourth-order valence-electron chi connectivity index (χ4n) is 5.83. The van der Waals surface area contributed by atoms with Crippen LogP contribution in [0.3, 0.4) is 0 Å². The van der Waals surface area contributed by atoms with E-state index in [1.807, 2.05) is 24.8 Å². The normalized spacial score (nSPS) is 14.1. The number of amides is 3. The first-order chi connectivity index (χ1) is 22.5. The molecule has 2 heterocycles. The van der Waals surface area contributed by atoms with Gasteiger partial charge in [-0.25, -0.2) is 8.78 Å². The van der Waals surface area contributed by atoms with E-state index in [1.165, 1.54) is 6.07 Å². The van der Waals surface area contributed by atoms with Gasteiger partial charge in [0.15, 0.2) is 0 Å². The molecule has 1 unspecified atom stereocenters. The number of halogens is 2. The molecule has 0 aliphatic carbocycles. The highest BCUT2D eigenvalue weighted by Crippen LogP contribution is 2.42. The Kier molecular flexibility index (Phi) is 9.97. The molecule has 0 radical (unpaired) electrons. The number of aromatic nitrogens is 1. The third-order valence-corrected chi connectivity index (χ3v) is 8.28. The molecule has 0 spiro atoms. The first-order valence-electron chi connectivity index (χ1n) is 15.4. The maximum atomic E-state index is 15.4. The predicted molar refractivity (Wildman–Crippen MR) is 179 cm³/mol. The fourth-order valence-corrected chi connectivity index (χ4v) is 5.83.